The van der Waals surface area contributed by atoms with E-state index in [0.29, 0.717) is 11.1 Å². The molecular formula is C17H12Br6O. The fraction of sp³-hybridized carbons (Fsp3) is 0.235. The molecule has 0 amide bonds. The molecule has 0 aromatic heterocycles. The molecule has 0 fully saturated rings. The largest absolute Gasteiger partial charge is 0.289 e. The van der Waals surface area contributed by atoms with Crippen LogP contribution in [-0.4, -0.2) is 5.78 Å². The monoisotopic (exact) mass is 706 g/mol. The lowest BCUT2D eigenvalue weighted by atomic mass is 9.92. The molecule has 7 heteroatoms. The lowest BCUT2D eigenvalue weighted by Crippen LogP contribution is -2.11. The molecule has 0 aliphatic rings. The van der Waals surface area contributed by atoms with Gasteiger partial charge in [0.25, 0.3) is 0 Å². The molecule has 0 aliphatic heterocycles. The smallest absolute Gasteiger partial charge is 0.195 e. The van der Waals surface area contributed by atoms with Gasteiger partial charge in [0.1, 0.15) is 0 Å². The molecule has 0 saturated carbocycles. The quantitative estimate of drug-likeness (QED) is 0.230. The Bertz CT molecular complexity index is 829. The average molecular weight is 712 g/mol. The Morgan fingerprint density at radius 2 is 1.33 bits per heavy atom. The van der Waals surface area contributed by atoms with Crippen LogP contribution in [0.15, 0.2) is 39.0 Å². The van der Waals surface area contributed by atoms with Gasteiger partial charge >= 0.3 is 0 Å². The maximum atomic E-state index is 13.3. The molecule has 24 heavy (non-hydrogen) atoms. The van der Waals surface area contributed by atoms with Gasteiger partial charge in [-0.3, -0.25) is 4.79 Å². The Balaban J connectivity index is 2.79. The minimum atomic E-state index is -0.0123. The Morgan fingerprint density at radius 1 is 0.750 bits per heavy atom. The summed E-state index contributed by atoms with van der Waals surface area (Å²) in [5.74, 6) is -0.0123. The highest BCUT2D eigenvalue weighted by molar-refractivity contribution is 9.15. The van der Waals surface area contributed by atoms with Gasteiger partial charge in [-0.15, -0.1) is 0 Å². The number of halogens is 6. The van der Waals surface area contributed by atoms with Gasteiger partial charge in [-0.05, 0) is 132 Å². The molecule has 0 atom stereocenters. The van der Waals surface area contributed by atoms with Crippen LogP contribution in [0.2, 0.25) is 0 Å². The highest BCUT2D eigenvalue weighted by Gasteiger charge is 2.25. The first-order chi connectivity index (χ1) is 11.3. The number of carbonyl (C=O) groups excluding carboxylic acids is 1. The Hall–Kier alpha value is 0.990. The summed E-state index contributed by atoms with van der Waals surface area (Å²) >= 11 is 21.4. The topological polar surface area (TPSA) is 17.1 Å². The zero-order valence-electron chi connectivity index (χ0n) is 12.7. The Morgan fingerprint density at radius 3 is 1.88 bits per heavy atom. The normalized spacial score (nSPS) is 11.0. The van der Waals surface area contributed by atoms with Gasteiger partial charge < -0.3 is 0 Å². The fourth-order valence-corrected chi connectivity index (χ4v) is 6.09. The van der Waals surface area contributed by atoms with Crippen molar-refractivity contribution in [1.29, 1.82) is 0 Å². The summed E-state index contributed by atoms with van der Waals surface area (Å²) in [6.45, 7) is 4.17. The van der Waals surface area contributed by atoms with E-state index in [1.54, 1.807) is 0 Å². The van der Waals surface area contributed by atoms with Gasteiger partial charge in [0, 0.05) is 38.0 Å². The van der Waals surface area contributed by atoms with E-state index in [4.69, 9.17) is 0 Å². The summed E-state index contributed by atoms with van der Waals surface area (Å²) in [4.78, 5) is 13.3. The zero-order chi connectivity index (χ0) is 18.2. The van der Waals surface area contributed by atoms with Crippen molar-refractivity contribution in [2.75, 3.05) is 0 Å². The van der Waals surface area contributed by atoms with Crippen LogP contribution >= 0.6 is 95.6 Å². The number of rotatable bonds is 4. The second kappa shape index (κ2) is 8.79. The standard InChI is InChI=1S/C17H12Br6O/c1-3-7-8(4-2)12(19)16(23)15(22)11(7)17(24)9-5-6-10(18)14(21)13(9)20/h5-6H,3-4H2,1-2H3. The van der Waals surface area contributed by atoms with Crippen molar-refractivity contribution in [3.63, 3.8) is 0 Å². The van der Waals surface area contributed by atoms with E-state index >= 15 is 0 Å². The fourth-order valence-electron chi connectivity index (χ4n) is 2.59. The number of benzene rings is 2. The lowest BCUT2D eigenvalue weighted by Gasteiger charge is -2.19. The lowest BCUT2D eigenvalue weighted by molar-refractivity contribution is 0.103. The van der Waals surface area contributed by atoms with Crippen LogP contribution in [0.25, 0.3) is 0 Å². The maximum absolute atomic E-state index is 13.3. The molecule has 2 aromatic carbocycles. The van der Waals surface area contributed by atoms with E-state index in [1.807, 2.05) is 12.1 Å². The highest BCUT2D eigenvalue weighted by Crippen LogP contribution is 2.42. The molecule has 2 aromatic rings. The van der Waals surface area contributed by atoms with Crippen LogP contribution in [0.4, 0.5) is 0 Å². The summed E-state index contributed by atoms with van der Waals surface area (Å²) in [5, 5.41) is 0. The first-order valence-electron chi connectivity index (χ1n) is 7.12. The summed E-state index contributed by atoms with van der Waals surface area (Å²) in [5.41, 5.74) is 3.55. The average Bonchev–Trinajstić information content (AvgIpc) is 2.56. The van der Waals surface area contributed by atoms with Gasteiger partial charge in [0.2, 0.25) is 0 Å². The van der Waals surface area contributed by atoms with Crippen LogP contribution in [0.1, 0.15) is 40.9 Å². The van der Waals surface area contributed by atoms with Crippen molar-refractivity contribution in [3.8, 4) is 0 Å². The third-order valence-electron chi connectivity index (χ3n) is 3.75. The van der Waals surface area contributed by atoms with Gasteiger partial charge in [-0.25, -0.2) is 0 Å². The van der Waals surface area contributed by atoms with Crippen molar-refractivity contribution in [1.82, 2.24) is 0 Å². The molecule has 0 saturated heterocycles. The van der Waals surface area contributed by atoms with Crippen LogP contribution in [-0.2, 0) is 12.8 Å². The molecular weight excluding hydrogens is 700 g/mol. The van der Waals surface area contributed by atoms with Crippen LogP contribution in [0, 0.1) is 0 Å². The minimum Gasteiger partial charge on any atom is -0.289 e. The van der Waals surface area contributed by atoms with Gasteiger partial charge in [-0.2, -0.15) is 0 Å². The van der Waals surface area contributed by atoms with E-state index in [0.717, 1.165) is 50.8 Å². The number of hydrogen-bond acceptors (Lipinski definition) is 1. The van der Waals surface area contributed by atoms with Crippen LogP contribution in [0.3, 0.4) is 0 Å². The minimum absolute atomic E-state index is 0.0123. The molecule has 2 rings (SSSR count). The van der Waals surface area contributed by atoms with Gasteiger partial charge in [-0.1, -0.05) is 13.8 Å². The van der Waals surface area contributed by atoms with E-state index < -0.39 is 0 Å². The SMILES string of the molecule is CCc1c(Br)c(Br)c(Br)c(C(=O)c2ccc(Br)c(Br)c2Br)c1CC. The molecule has 128 valence electrons. The van der Waals surface area contributed by atoms with Gasteiger partial charge in [0.15, 0.2) is 5.78 Å². The third-order valence-corrected chi connectivity index (χ3v) is 10.6. The summed E-state index contributed by atoms with van der Waals surface area (Å²) in [6, 6.07) is 3.70. The van der Waals surface area contributed by atoms with Crippen molar-refractivity contribution < 1.29 is 4.79 Å². The Kier molecular flexibility index (Phi) is 7.79. The second-order valence-corrected chi connectivity index (χ2v) is 9.85. The van der Waals surface area contributed by atoms with Crippen molar-refractivity contribution in [2.24, 2.45) is 0 Å². The molecule has 0 aliphatic carbocycles. The predicted molar refractivity (Wildman–Crippen MR) is 121 cm³/mol. The molecule has 0 unspecified atom stereocenters. The van der Waals surface area contributed by atoms with Crippen molar-refractivity contribution >= 4 is 101 Å². The number of ketones is 1. The second-order valence-electron chi connectivity index (χ2n) is 5.03. The third kappa shape index (κ3) is 3.81. The van der Waals surface area contributed by atoms with Crippen LogP contribution < -0.4 is 0 Å². The Labute approximate surface area is 192 Å². The molecule has 1 nitrogen and oxygen atoms in total. The van der Waals surface area contributed by atoms with Crippen LogP contribution in [0.5, 0.6) is 0 Å². The number of hydrogen-bond donors (Lipinski definition) is 0. The molecule has 0 radical (unpaired) electrons. The molecule has 0 spiro atoms. The number of carbonyl (C=O) groups is 1. The zero-order valence-corrected chi connectivity index (χ0v) is 22.3. The van der Waals surface area contributed by atoms with Crippen molar-refractivity contribution in [2.45, 2.75) is 26.7 Å². The molecule has 0 bridgehead atoms. The predicted octanol–water partition coefficient (Wildman–Crippen LogP) is 8.62. The van der Waals surface area contributed by atoms with Gasteiger partial charge in [0.05, 0.1) is 0 Å². The summed E-state index contributed by atoms with van der Waals surface area (Å²) in [6.07, 6.45) is 1.63. The van der Waals surface area contributed by atoms with E-state index in [1.165, 1.54) is 0 Å². The van der Waals surface area contributed by atoms with E-state index in [2.05, 4.69) is 109 Å². The molecule has 0 heterocycles. The summed E-state index contributed by atoms with van der Waals surface area (Å²) < 4.78 is 5.11. The first kappa shape index (κ1) is 21.3. The van der Waals surface area contributed by atoms with Crippen molar-refractivity contribution in [3.05, 3.63) is 61.2 Å². The maximum Gasteiger partial charge on any atom is 0.195 e. The molecule has 0 N–H and O–H groups in total. The highest BCUT2D eigenvalue weighted by atomic mass is 79.9. The van der Waals surface area contributed by atoms with E-state index in [-0.39, 0.29) is 5.78 Å². The van der Waals surface area contributed by atoms with E-state index in [9.17, 15) is 4.79 Å². The summed E-state index contributed by atoms with van der Waals surface area (Å²) in [7, 11) is 0. The first-order valence-corrected chi connectivity index (χ1v) is 11.9.